The van der Waals surface area contributed by atoms with E-state index in [4.69, 9.17) is 0 Å². The summed E-state index contributed by atoms with van der Waals surface area (Å²) in [5.41, 5.74) is 1.02. The summed E-state index contributed by atoms with van der Waals surface area (Å²) in [7, 11) is 0. The minimum Gasteiger partial charge on any atom is -0.387 e. The van der Waals surface area contributed by atoms with Crippen LogP contribution in [-0.2, 0) is 0 Å². The first-order chi connectivity index (χ1) is 7.27. The van der Waals surface area contributed by atoms with Gasteiger partial charge in [-0.3, -0.25) is 0 Å². The SMILES string of the molecule is CC1CCCC(C(O)c2ccccc2)N1. The molecule has 0 bridgehead atoms. The Kier molecular flexibility index (Phi) is 3.39. The third-order valence-electron chi connectivity index (χ3n) is 3.17. The molecule has 0 aliphatic carbocycles. The van der Waals surface area contributed by atoms with Crippen molar-refractivity contribution >= 4 is 0 Å². The van der Waals surface area contributed by atoms with Gasteiger partial charge in [-0.2, -0.15) is 0 Å². The Morgan fingerprint density at radius 1 is 1.27 bits per heavy atom. The van der Waals surface area contributed by atoms with Crippen LogP contribution >= 0.6 is 0 Å². The maximum Gasteiger partial charge on any atom is 0.0943 e. The van der Waals surface area contributed by atoms with E-state index < -0.39 is 0 Å². The predicted octanol–water partition coefficient (Wildman–Crippen LogP) is 2.25. The molecule has 82 valence electrons. The van der Waals surface area contributed by atoms with Gasteiger partial charge in [-0.25, -0.2) is 0 Å². The van der Waals surface area contributed by atoms with Gasteiger partial charge < -0.3 is 10.4 Å². The van der Waals surface area contributed by atoms with Crippen molar-refractivity contribution in [3.8, 4) is 0 Å². The Morgan fingerprint density at radius 3 is 2.67 bits per heavy atom. The van der Waals surface area contributed by atoms with Gasteiger partial charge >= 0.3 is 0 Å². The summed E-state index contributed by atoms with van der Waals surface area (Å²) in [6, 6.07) is 10.7. The van der Waals surface area contributed by atoms with E-state index >= 15 is 0 Å². The smallest absolute Gasteiger partial charge is 0.0943 e. The lowest BCUT2D eigenvalue weighted by Crippen LogP contribution is -2.44. The molecule has 2 heteroatoms. The van der Waals surface area contributed by atoms with Gasteiger partial charge in [0.05, 0.1) is 6.10 Å². The highest BCUT2D eigenvalue weighted by atomic mass is 16.3. The van der Waals surface area contributed by atoms with Crippen molar-refractivity contribution in [3.05, 3.63) is 35.9 Å². The van der Waals surface area contributed by atoms with E-state index in [-0.39, 0.29) is 12.1 Å². The molecule has 1 saturated heterocycles. The lowest BCUT2D eigenvalue weighted by atomic mass is 9.92. The van der Waals surface area contributed by atoms with Gasteiger partial charge in [-0.05, 0) is 25.3 Å². The standard InChI is InChI=1S/C13H19NO/c1-10-6-5-9-12(14-10)13(15)11-7-3-2-4-8-11/h2-4,7-8,10,12-15H,5-6,9H2,1H3. The van der Waals surface area contributed by atoms with Crippen molar-refractivity contribution in [1.29, 1.82) is 0 Å². The van der Waals surface area contributed by atoms with Gasteiger partial charge in [0.25, 0.3) is 0 Å². The molecule has 0 amide bonds. The molecule has 0 radical (unpaired) electrons. The largest absolute Gasteiger partial charge is 0.387 e. The number of nitrogens with one attached hydrogen (secondary N) is 1. The molecule has 15 heavy (non-hydrogen) atoms. The van der Waals surface area contributed by atoms with E-state index in [1.165, 1.54) is 12.8 Å². The quantitative estimate of drug-likeness (QED) is 0.776. The number of hydrogen-bond donors (Lipinski definition) is 2. The fourth-order valence-electron chi connectivity index (χ4n) is 2.31. The van der Waals surface area contributed by atoms with E-state index in [9.17, 15) is 5.11 Å². The minimum atomic E-state index is -0.367. The van der Waals surface area contributed by atoms with Gasteiger partial charge in [0, 0.05) is 12.1 Å². The number of aliphatic hydroxyl groups excluding tert-OH is 1. The molecule has 0 aromatic heterocycles. The van der Waals surface area contributed by atoms with Crippen LogP contribution in [0.25, 0.3) is 0 Å². The molecular weight excluding hydrogens is 186 g/mol. The highest BCUT2D eigenvalue weighted by Crippen LogP contribution is 2.24. The fraction of sp³-hybridized carbons (Fsp3) is 0.538. The summed E-state index contributed by atoms with van der Waals surface area (Å²) in [6.07, 6.45) is 3.13. The van der Waals surface area contributed by atoms with E-state index in [0.29, 0.717) is 6.04 Å². The number of rotatable bonds is 2. The van der Waals surface area contributed by atoms with Crippen molar-refractivity contribution in [3.63, 3.8) is 0 Å². The Balaban J connectivity index is 2.04. The molecule has 1 aromatic rings. The topological polar surface area (TPSA) is 32.3 Å². The molecule has 2 N–H and O–H groups in total. The summed E-state index contributed by atoms with van der Waals surface area (Å²) in [5.74, 6) is 0. The Hall–Kier alpha value is -0.860. The van der Waals surface area contributed by atoms with Crippen molar-refractivity contribution < 1.29 is 5.11 Å². The maximum atomic E-state index is 10.2. The average Bonchev–Trinajstić information content (AvgIpc) is 2.29. The molecule has 2 rings (SSSR count). The highest BCUT2D eigenvalue weighted by molar-refractivity contribution is 5.19. The number of aliphatic hydroxyl groups is 1. The molecule has 0 saturated carbocycles. The fourth-order valence-corrected chi connectivity index (χ4v) is 2.31. The van der Waals surface area contributed by atoms with Crippen LogP contribution in [0.3, 0.4) is 0 Å². The van der Waals surface area contributed by atoms with Crippen LogP contribution in [-0.4, -0.2) is 17.2 Å². The molecule has 2 nitrogen and oxygen atoms in total. The second-order valence-electron chi connectivity index (χ2n) is 4.46. The normalized spacial score (nSPS) is 28.7. The molecule has 3 atom stereocenters. The first-order valence-electron chi connectivity index (χ1n) is 5.76. The maximum absolute atomic E-state index is 10.2. The third-order valence-corrected chi connectivity index (χ3v) is 3.17. The highest BCUT2D eigenvalue weighted by Gasteiger charge is 2.25. The molecule has 3 unspecified atom stereocenters. The molecule has 1 aliphatic rings. The van der Waals surface area contributed by atoms with Gasteiger partial charge in [-0.15, -0.1) is 0 Å². The van der Waals surface area contributed by atoms with E-state index in [1.807, 2.05) is 30.3 Å². The summed E-state index contributed by atoms with van der Waals surface area (Å²) in [4.78, 5) is 0. The molecule has 1 aromatic carbocycles. The summed E-state index contributed by atoms with van der Waals surface area (Å²) >= 11 is 0. The van der Waals surface area contributed by atoms with E-state index in [2.05, 4.69) is 12.2 Å². The van der Waals surface area contributed by atoms with E-state index in [0.717, 1.165) is 12.0 Å². The van der Waals surface area contributed by atoms with Crippen LogP contribution in [0.4, 0.5) is 0 Å². The zero-order valence-corrected chi connectivity index (χ0v) is 9.19. The second-order valence-corrected chi connectivity index (χ2v) is 4.46. The zero-order chi connectivity index (χ0) is 10.7. The number of piperidine rings is 1. The van der Waals surface area contributed by atoms with Crippen molar-refractivity contribution in [2.24, 2.45) is 0 Å². The molecule has 0 spiro atoms. The van der Waals surface area contributed by atoms with E-state index in [1.54, 1.807) is 0 Å². The minimum absolute atomic E-state index is 0.219. The third kappa shape index (κ3) is 2.58. The monoisotopic (exact) mass is 205 g/mol. The number of benzene rings is 1. The van der Waals surface area contributed by atoms with Crippen LogP contribution in [0.2, 0.25) is 0 Å². The predicted molar refractivity (Wildman–Crippen MR) is 61.6 cm³/mol. The van der Waals surface area contributed by atoms with Gasteiger partial charge in [0.1, 0.15) is 0 Å². The van der Waals surface area contributed by atoms with Crippen LogP contribution in [0.1, 0.15) is 37.9 Å². The summed E-state index contributed by atoms with van der Waals surface area (Å²) < 4.78 is 0. The van der Waals surface area contributed by atoms with Crippen LogP contribution in [0.15, 0.2) is 30.3 Å². The van der Waals surface area contributed by atoms with Crippen molar-refractivity contribution in [1.82, 2.24) is 5.32 Å². The summed E-state index contributed by atoms with van der Waals surface area (Å²) in [5, 5.41) is 13.7. The average molecular weight is 205 g/mol. The Bertz CT molecular complexity index is 299. The van der Waals surface area contributed by atoms with Crippen LogP contribution in [0.5, 0.6) is 0 Å². The first-order valence-corrected chi connectivity index (χ1v) is 5.76. The van der Waals surface area contributed by atoms with Crippen molar-refractivity contribution in [2.75, 3.05) is 0 Å². The lowest BCUT2D eigenvalue weighted by Gasteiger charge is -2.32. The van der Waals surface area contributed by atoms with Gasteiger partial charge in [0.15, 0.2) is 0 Å². The molecule has 1 heterocycles. The zero-order valence-electron chi connectivity index (χ0n) is 9.19. The Morgan fingerprint density at radius 2 is 2.00 bits per heavy atom. The molecular formula is C13H19NO. The van der Waals surface area contributed by atoms with Crippen molar-refractivity contribution in [2.45, 2.75) is 44.4 Å². The molecule has 1 fully saturated rings. The Labute approximate surface area is 91.3 Å². The summed E-state index contributed by atoms with van der Waals surface area (Å²) in [6.45, 7) is 2.18. The second kappa shape index (κ2) is 4.77. The van der Waals surface area contributed by atoms with Crippen LogP contribution < -0.4 is 5.32 Å². The lowest BCUT2D eigenvalue weighted by molar-refractivity contribution is 0.104. The van der Waals surface area contributed by atoms with Gasteiger partial charge in [0.2, 0.25) is 0 Å². The number of hydrogen-bond acceptors (Lipinski definition) is 2. The van der Waals surface area contributed by atoms with Gasteiger partial charge in [-0.1, -0.05) is 36.8 Å². The first kappa shape index (κ1) is 10.7. The van der Waals surface area contributed by atoms with Crippen LogP contribution in [0, 0.1) is 0 Å². The molecule has 1 aliphatic heterocycles.